The third-order valence-electron chi connectivity index (χ3n) is 1.64. The molecule has 5 heteroatoms. The van der Waals surface area contributed by atoms with E-state index in [9.17, 15) is 4.79 Å². The third-order valence-corrected chi connectivity index (χ3v) is 2.76. The van der Waals surface area contributed by atoms with E-state index in [1.54, 1.807) is 0 Å². The first kappa shape index (κ1) is 8.85. The number of aromatic nitrogens is 2. The molecule has 0 amide bonds. The van der Waals surface area contributed by atoms with Crippen LogP contribution in [0, 0.1) is 0 Å². The molecule has 0 aliphatic carbocycles. The lowest BCUT2D eigenvalue weighted by Gasteiger charge is -1.87. The van der Waals surface area contributed by atoms with Crippen molar-refractivity contribution in [1.29, 1.82) is 0 Å². The third kappa shape index (κ3) is 1.79. The molecule has 1 N–H and O–H groups in total. The molecule has 1 atom stereocenters. The molecule has 1 aromatic heterocycles. The number of carbonyl (C=O) groups is 1. The molecular formula is C8H6BrN2OP. The highest BCUT2D eigenvalue weighted by Gasteiger charge is 2.01. The molecule has 0 fully saturated rings. The van der Waals surface area contributed by atoms with Crippen LogP contribution in [0.5, 0.6) is 0 Å². The summed E-state index contributed by atoms with van der Waals surface area (Å²) in [6, 6.07) is 6.65. The first-order chi connectivity index (χ1) is 6.29. The highest BCUT2D eigenvalue weighted by Crippen LogP contribution is 2.17. The number of nitrogens with one attached hydrogen (secondary N) is 1. The minimum absolute atomic E-state index is 0.105. The fourth-order valence-electron chi connectivity index (χ4n) is 1.11. The maximum atomic E-state index is 10.3. The molecule has 2 rings (SSSR count). The molecule has 3 nitrogen and oxygen atoms in total. The zero-order chi connectivity index (χ0) is 9.26. The summed E-state index contributed by atoms with van der Waals surface area (Å²) in [6.45, 7) is 0. The van der Waals surface area contributed by atoms with Crippen molar-refractivity contribution in [2.24, 2.45) is 0 Å². The second-order valence-corrected chi connectivity index (χ2v) is 4.42. The molecule has 0 aliphatic rings. The zero-order valence-corrected chi connectivity index (χ0v) is 9.13. The molecule has 13 heavy (non-hydrogen) atoms. The van der Waals surface area contributed by atoms with Crippen molar-refractivity contribution < 1.29 is 4.79 Å². The molecule has 1 aromatic carbocycles. The Bertz CT molecular complexity index is 454. The number of imidazole rings is 1. The SMILES string of the molecule is O=CPc1nc2ccc(Br)cc2[nH]1. The second kappa shape index (κ2) is 3.56. The van der Waals surface area contributed by atoms with E-state index in [0.29, 0.717) is 0 Å². The molecule has 0 aliphatic heterocycles. The van der Waals surface area contributed by atoms with Gasteiger partial charge in [-0.3, -0.25) is 4.79 Å². The van der Waals surface area contributed by atoms with Crippen LogP contribution in [0.1, 0.15) is 0 Å². The summed E-state index contributed by atoms with van der Waals surface area (Å²) in [5.41, 5.74) is 2.59. The highest BCUT2D eigenvalue weighted by molar-refractivity contribution is 9.10. The smallest absolute Gasteiger partial charge is 0.146 e. The van der Waals surface area contributed by atoms with Crippen LogP contribution < -0.4 is 5.57 Å². The van der Waals surface area contributed by atoms with Gasteiger partial charge in [-0.15, -0.1) is 0 Å². The van der Waals surface area contributed by atoms with E-state index >= 15 is 0 Å². The first-order valence-corrected chi connectivity index (χ1v) is 5.52. The van der Waals surface area contributed by atoms with E-state index in [4.69, 9.17) is 0 Å². The average molecular weight is 257 g/mol. The van der Waals surface area contributed by atoms with Crippen LogP contribution in [0.25, 0.3) is 11.0 Å². The fourth-order valence-corrected chi connectivity index (χ4v) is 1.97. The van der Waals surface area contributed by atoms with Gasteiger partial charge in [0, 0.05) is 13.1 Å². The average Bonchev–Trinajstić information content (AvgIpc) is 2.46. The van der Waals surface area contributed by atoms with Gasteiger partial charge in [-0.25, -0.2) is 4.98 Å². The Balaban J connectivity index is 2.55. The number of hydrogen-bond donors (Lipinski definition) is 1. The minimum Gasteiger partial charge on any atom is -0.338 e. The summed E-state index contributed by atoms with van der Waals surface area (Å²) in [5, 5.41) is 0. The van der Waals surface area contributed by atoms with Crippen LogP contribution in [-0.4, -0.2) is 16.0 Å². The van der Waals surface area contributed by atoms with Crippen molar-refractivity contribution in [2.45, 2.75) is 0 Å². The Morgan fingerprint density at radius 3 is 3.15 bits per heavy atom. The van der Waals surface area contributed by atoms with Gasteiger partial charge in [0.05, 0.1) is 11.0 Å². The summed E-state index contributed by atoms with van der Waals surface area (Å²) in [6.07, 6.45) is 0. The number of hydrogen-bond acceptors (Lipinski definition) is 2. The van der Waals surface area contributed by atoms with E-state index in [0.717, 1.165) is 27.1 Å². The van der Waals surface area contributed by atoms with Crippen molar-refractivity contribution in [3.63, 3.8) is 0 Å². The lowest BCUT2D eigenvalue weighted by molar-refractivity contribution is 0.569. The molecule has 2 aromatic rings. The highest BCUT2D eigenvalue weighted by atomic mass is 79.9. The first-order valence-electron chi connectivity index (χ1n) is 3.65. The maximum absolute atomic E-state index is 10.3. The molecule has 1 heterocycles. The molecule has 0 bridgehead atoms. The van der Waals surface area contributed by atoms with Crippen molar-refractivity contribution in [1.82, 2.24) is 9.97 Å². The molecule has 66 valence electrons. The largest absolute Gasteiger partial charge is 0.338 e. The van der Waals surface area contributed by atoms with Crippen molar-refractivity contribution >= 4 is 47.1 Å². The van der Waals surface area contributed by atoms with Crippen LogP contribution in [0.3, 0.4) is 0 Å². The van der Waals surface area contributed by atoms with Crippen LogP contribution in [0.15, 0.2) is 22.7 Å². The van der Waals surface area contributed by atoms with Crippen LogP contribution >= 0.6 is 24.5 Å². The number of aromatic amines is 1. The summed E-state index contributed by atoms with van der Waals surface area (Å²) in [5.74, 6) is 0. The Morgan fingerprint density at radius 1 is 1.54 bits per heavy atom. The van der Waals surface area contributed by atoms with Gasteiger partial charge in [-0.1, -0.05) is 15.9 Å². The molecule has 0 spiro atoms. The number of carbonyl (C=O) groups excluding carboxylic acids is 1. The van der Waals surface area contributed by atoms with Gasteiger partial charge in [-0.05, 0) is 18.2 Å². The van der Waals surface area contributed by atoms with Crippen molar-refractivity contribution in [2.75, 3.05) is 0 Å². The number of H-pyrrole nitrogens is 1. The number of benzene rings is 1. The van der Waals surface area contributed by atoms with E-state index in [1.165, 1.54) is 0 Å². The van der Waals surface area contributed by atoms with Gasteiger partial charge in [0.1, 0.15) is 11.6 Å². The Labute approximate surface area is 84.9 Å². The van der Waals surface area contributed by atoms with Gasteiger partial charge < -0.3 is 4.98 Å². The van der Waals surface area contributed by atoms with E-state index in [1.807, 2.05) is 18.2 Å². The number of rotatable bonds is 2. The predicted octanol–water partition coefficient (Wildman–Crippen LogP) is 1.82. The Morgan fingerprint density at radius 2 is 2.38 bits per heavy atom. The van der Waals surface area contributed by atoms with Crippen molar-refractivity contribution in [3.8, 4) is 0 Å². The molecular weight excluding hydrogens is 251 g/mol. The van der Waals surface area contributed by atoms with Crippen molar-refractivity contribution in [3.05, 3.63) is 22.7 Å². The Kier molecular flexibility index (Phi) is 2.42. The lowest BCUT2D eigenvalue weighted by atomic mass is 10.3. The summed E-state index contributed by atoms with van der Waals surface area (Å²) in [7, 11) is 0.105. The zero-order valence-electron chi connectivity index (χ0n) is 6.54. The lowest BCUT2D eigenvalue weighted by Crippen LogP contribution is -1.97. The monoisotopic (exact) mass is 256 g/mol. The maximum Gasteiger partial charge on any atom is 0.146 e. The van der Waals surface area contributed by atoms with Gasteiger partial charge in [0.15, 0.2) is 0 Å². The van der Waals surface area contributed by atoms with Gasteiger partial charge in [0.25, 0.3) is 0 Å². The minimum atomic E-state index is 0.105. The van der Waals surface area contributed by atoms with E-state index in [-0.39, 0.29) is 8.58 Å². The topological polar surface area (TPSA) is 45.8 Å². The van der Waals surface area contributed by atoms with Crippen LogP contribution in [0.4, 0.5) is 0 Å². The summed E-state index contributed by atoms with van der Waals surface area (Å²) >= 11 is 3.37. The normalized spacial score (nSPS) is 11.5. The summed E-state index contributed by atoms with van der Waals surface area (Å²) in [4.78, 5) is 17.6. The number of nitrogens with zero attached hydrogens (tertiary/aromatic N) is 1. The van der Waals surface area contributed by atoms with Gasteiger partial charge in [0.2, 0.25) is 0 Å². The summed E-state index contributed by atoms with van der Waals surface area (Å²) < 4.78 is 1.00. The quantitative estimate of drug-likeness (QED) is 0.658. The van der Waals surface area contributed by atoms with E-state index in [2.05, 4.69) is 25.9 Å². The fraction of sp³-hybridized carbons (Fsp3) is 0. The molecule has 0 saturated heterocycles. The van der Waals surface area contributed by atoms with Crippen LogP contribution in [-0.2, 0) is 4.79 Å². The Hall–Kier alpha value is -0.730. The molecule has 0 radical (unpaired) electrons. The van der Waals surface area contributed by atoms with Gasteiger partial charge >= 0.3 is 0 Å². The second-order valence-electron chi connectivity index (χ2n) is 2.51. The molecule has 0 saturated carbocycles. The number of fused-ring (bicyclic) bond motifs is 1. The van der Waals surface area contributed by atoms with Crippen LogP contribution in [0.2, 0.25) is 0 Å². The number of halogens is 1. The standard InChI is InChI=1S/C8H6BrN2OP/c9-5-1-2-6-7(3-5)11-8(10-6)13-4-12/h1-4,13H,(H,10,11). The predicted molar refractivity (Wildman–Crippen MR) is 58.5 cm³/mol. The van der Waals surface area contributed by atoms with E-state index < -0.39 is 0 Å². The molecule has 1 unspecified atom stereocenters. The van der Waals surface area contributed by atoms with Gasteiger partial charge in [-0.2, -0.15) is 0 Å².